The molecule has 0 saturated heterocycles. The molecule has 1 aromatic carbocycles. The summed E-state index contributed by atoms with van der Waals surface area (Å²) in [4.78, 5) is 24.3. The summed E-state index contributed by atoms with van der Waals surface area (Å²) in [6, 6.07) is 4.59. The first kappa shape index (κ1) is 17.0. The number of phenolic OH excluding ortho intramolecular Hbond substituents is 1. The molecule has 23 heavy (non-hydrogen) atoms. The monoisotopic (exact) mass is 316 g/mol. The van der Waals surface area contributed by atoms with Crippen molar-refractivity contribution in [3.63, 3.8) is 0 Å². The number of aromatic hydroxyl groups is 1. The molecule has 0 fully saturated rings. The number of carbonyl (C=O) groups excluding carboxylic acids is 2. The molecule has 0 aliphatic carbocycles. The number of fused-ring (bicyclic) bond motifs is 1. The van der Waals surface area contributed by atoms with Crippen molar-refractivity contribution >= 4 is 11.8 Å². The van der Waals surface area contributed by atoms with Gasteiger partial charge in [0.05, 0.1) is 6.10 Å². The highest BCUT2D eigenvalue weighted by atomic mass is 16.5. The minimum Gasteiger partial charge on any atom is -0.507 e. The Morgan fingerprint density at radius 1 is 1.17 bits per heavy atom. The van der Waals surface area contributed by atoms with Gasteiger partial charge in [-0.25, -0.2) is 4.79 Å². The average molecular weight is 316 g/mol. The van der Waals surface area contributed by atoms with E-state index in [9.17, 15) is 19.8 Å². The Morgan fingerprint density at radius 2 is 1.96 bits per heavy atom. The topological polar surface area (TPSA) is 83.8 Å². The lowest BCUT2D eigenvalue weighted by Gasteiger charge is -2.15. The van der Waals surface area contributed by atoms with Gasteiger partial charge in [-0.3, -0.25) is 4.79 Å². The van der Waals surface area contributed by atoms with Gasteiger partial charge < -0.3 is 14.9 Å². The summed E-state index contributed by atoms with van der Waals surface area (Å²) >= 11 is 0. The van der Waals surface area contributed by atoms with E-state index in [1.807, 2.05) is 0 Å². The molecule has 2 atom stereocenters. The first-order chi connectivity index (χ1) is 11.0. The number of aliphatic hydroxyl groups excluding tert-OH is 1. The van der Waals surface area contributed by atoms with Gasteiger partial charge >= 0.3 is 5.97 Å². The van der Waals surface area contributed by atoms with Crippen LogP contribution in [0.1, 0.15) is 35.7 Å². The Bertz CT molecular complexity index is 645. The molecule has 1 aliphatic heterocycles. The minimum atomic E-state index is -0.679. The lowest BCUT2D eigenvalue weighted by molar-refractivity contribution is -0.114. The summed E-state index contributed by atoms with van der Waals surface area (Å²) in [6.45, 7) is 1.73. The van der Waals surface area contributed by atoms with Crippen molar-refractivity contribution in [2.24, 2.45) is 0 Å². The molecule has 1 heterocycles. The predicted molar refractivity (Wildman–Crippen MR) is 85.2 cm³/mol. The maximum atomic E-state index is 12.3. The molecule has 0 spiro atoms. The zero-order valence-corrected chi connectivity index (χ0v) is 12.9. The van der Waals surface area contributed by atoms with Gasteiger partial charge in [-0.2, -0.15) is 0 Å². The normalized spacial score (nSPS) is 25.8. The number of esters is 1. The summed E-state index contributed by atoms with van der Waals surface area (Å²) < 4.78 is 5.31. The standard InChI is InChI=1S/C18H20O5/c1-12-5-2-7-14(19)8-4-9-15(20)11-13-6-3-10-16(21)17(13)18(22)23-12/h2-4,6-7,9-10,12,14,19,21H,5,8,11H2,1H3/b7-2-,9-4-/t12-,14?/m0/s1. The molecule has 5 nitrogen and oxygen atoms in total. The highest BCUT2D eigenvalue weighted by molar-refractivity contribution is 5.98. The predicted octanol–water partition coefficient (Wildman–Crippen LogP) is 2.32. The molecule has 2 N–H and O–H groups in total. The van der Waals surface area contributed by atoms with Crippen LogP contribution < -0.4 is 0 Å². The molecule has 0 saturated carbocycles. The summed E-state index contributed by atoms with van der Waals surface area (Å²) in [5, 5.41) is 19.7. The van der Waals surface area contributed by atoms with Crippen LogP contribution in [0.2, 0.25) is 0 Å². The van der Waals surface area contributed by atoms with Gasteiger partial charge in [-0.05, 0) is 31.1 Å². The number of hydrogen-bond acceptors (Lipinski definition) is 5. The van der Waals surface area contributed by atoms with Crippen molar-refractivity contribution in [1.29, 1.82) is 0 Å². The number of aliphatic hydroxyl groups is 1. The van der Waals surface area contributed by atoms with E-state index in [1.165, 1.54) is 12.1 Å². The van der Waals surface area contributed by atoms with Crippen molar-refractivity contribution < 1.29 is 24.5 Å². The second kappa shape index (κ2) is 7.74. The van der Waals surface area contributed by atoms with E-state index in [4.69, 9.17) is 4.74 Å². The number of ether oxygens (including phenoxy) is 1. The summed E-state index contributed by atoms with van der Waals surface area (Å²) in [7, 11) is 0. The van der Waals surface area contributed by atoms with Crippen LogP contribution in [0.4, 0.5) is 0 Å². The zero-order chi connectivity index (χ0) is 16.8. The van der Waals surface area contributed by atoms with Crippen LogP contribution in [0.3, 0.4) is 0 Å². The fourth-order valence-electron chi connectivity index (χ4n) is 2.35. The van der Waals surface area contributed by atoms with E-state index < -0.39 is 18.2 Å². The molecule has 1 unspecified atom stereocenters. The molecule has 0 bridgehead atoms. The van der Waals surface area contributed by atoms with Gasteiger partial charge in [-0.15, -0.1) is 0 Å². The van der Waals surface area contributed by atoms with Crippen molar-refractivity contribution in [1.82, 2.24) is 0 Å². The summed E-state index contributed by atoms with van der Waals surface area (Å²) in [5.41, 5.74) is 0.451. The van der Waals surface area contributed by atoms with E-state index in [0.717, 1.165) is 0 Å². The molecule has 122 valence electrons. The second-order valence-corrected chi connectivity index (χ2v) is 5.54. The second-order valence-electron chi connectivity index (χ2n) is 5.54. The quantitative estimate of drug-likeness (QED) is 0.567. The number of benzene rings is 1. The number of phenols is 1. The number of ketones is 1. The Labute approximate surface area is 134 Å². The van der Waals surface area contributed by atoms with Gasteiger partial charge in [0.15, 0.2) is 5.78 Å². The van der Waals surface area contributed by atoms with Crippen LogP contribution in [-0.2, 0) is 16.0 Å². The molecule has 1 aliphatic rings. The Balaban J connectivity index is 2.35. The SMILES string of the molecule is C[C@H]1C/C=C\C(O)C/C=C\C(=O)Cc2cccc(O)c2C(=O)O1. The lowest BCUT2D eigenvalue weighted by Crippen LogP contribution is -2.17. The number of carbonyl (C=O) groups is 2. The van der Waals surface area contributed by atoms with Crippen molar-refractivity contribution in [3.05, 3.63) is 53.6 Å². The van der Waals surface area contributed by atoms with Crippen LogP contribution in [0.25, 0.3) is 0 Å². The fraction of sp³-hybridized carbons (Fsp3) is 0.333. The Kier molecular flexibility index (Phi) is 5.71. The third-order valence-electron chi connectivity index (χ3n) is 3.51. The molecule has 1 aromatic rings. The Morgan fingerprint density at radius 3 is 2.74 bits per heavy atom. The van der Waals surface area contributed by atoms with Gasteiger partial charge in [0.1, 0.15) is 17.4 Å². The van der Waals surface area contributed by atoms with E-state index in [-0.39, 0.29) is 23.5 Å². The molecular weight excluding hydrogens is 296 g/mol. The average Bonchev–Trinajstić information content (AvgIpc) is 2.46. The van der Waals surface area contributed by atoms with E-state index in [0.29, 0.717) is 18.4 Å². The molecule has 2 rings (SSSR count). The number of cyclic esters (lactones) is 1. The molecule has 0 radical (unpaired) electrons. The first-order valence-electron chi connectivity index (χ1n) is 7.53. The van der Waals surface area contributed by atoms with Gasteiger partial charge in [0.2, 0.25) is 0 Å². The maximum Gasteiger partial charge on any atom is 0.342 e. The first-order valence-corrected chi connectivity index (χ1v) is 7.53. The summed E-state index contributed by atoms with van der Waals surface area (Å²) in [6.07, 6.45) is 6.01. The number of rotatable bonds is 0. The molecule has 0 aromatic heterocycles. The van der Waals surface area contributed by atoms with E-state index in [1.54, 1.807) is 37.3 Å². The minimum absolute atomic E-state index is 0.0182. The van der Waals surface area contributed by atoms with Gasteiger partial charge in [0, 0.05) is 12.8 Å². The van der Waals surface area contributed by atoms with Gasteiger partial charge in [-0.1, -0.05) is 30.4 Å². The van der Waals surface area contributed by atoms with Crippen LogP contribution in [0.5, 0.6) is 5.75 Å². The largest absolute Gasteiger partial charge is 0.507 e. The van der Waals surface area contributed by atoms with Gasteiger partial charge in [0.25, 0.3) is 0 Å². The van der Waals surface area contributed by atoms with Crippen molar-refractivity contribution in [2.45, 2.75) is 38.4 Å². The molecule has 5 heteroatoms. The third-order valence-corrected chi connectivity index (χ3v) is 3.51. The zero-order valence-electron chi connectivity index (χ0n) is 12.9. The number of allylic oxidation sites excluding steroid dienone is 1. The van der Waals surface area contributed by atoms with E-state index in [2.05, 4.69) is 0 Å². The third kappa shape index (κ3) is 4.79. The maximum absolute atomic E-state index is 12.3. The van der Waals surface area contributed by atoms with Crippen LogP contribution >= 0.6 is 0 Å². The fourth-order valence-corrected chi connectivity index (χ4v) is 2.35. The Hall–Kier alpha value is -2.40. The van der Waals surface area contributed by atoms with Crippen molar-refractivity contribution in [2.75, 3.05) is 0 Å². The molecule has 0 amide bonds. The van der Waals surface area contributed by atoms with Crippen molar-refractivity contribution in [3.8, 4) is 5.75 Å². The highest BCUT2D eigenvalue weighted by Gasteiger charge is 2.20. The lowest BCUT2D eigenvalue weighted by atomic mass is 10.0. The number of hydrogen-bond donors (Lipinski definition) is 2. The smallest absolute Gasteiger partial charge is 0.342 e. The summed E-state index contributed by atoms with van der Waals surface area (Å²) in [5.74, 6) is -1.08. The van der Waals surface area contributed by atoms with Crippen LogP contribution in [0, 0.1) is 0 Å². The van der Waals surface area contributed by atoms with Crippen LogP contribution in [-0.4, -0.2) is 34.2 Å². The van der Waals surface area contributed by atoms with Crippen LogP contribution in [0.15, 0.2) is 42.5 Å². The van der Waals surface area contributed by atoms with E-state index >= 15 is 0 Å². The molecular formula is C18H20O5. The highest BCUT2D eigenvalue weighted by Crippen LogP contribution is 2.24.